The highest BCUT2D eigenvalue weighted by atomic mass is 32.2. The van der Waals surface area contributed by atoms with Gasteiger partial charge in [0.05, 0.1) is 10.6 Å². The van der Waals surface area contributed by atoms with Crippen molar-refractivity contribution in [3.8, 4) is 10.4 Å². The second kappa shape index (κ2) is 6.13. The Labute approximate surface area is 132 Å². The lowest BCUT2D eigenvalue weighted by atomic mass is 10.1. The Bertz CT molecular complexity index is 829. The molecule has 1 N–H and O–H groups in total. The zero-order valence-electron chi connectivity index (χ0n) is 12.3. The summed E-state index contributed by atoms with van der Waals surface area (Å²) >= 11 is 1.22. The monoisotopic (exact) mass is 342 g/mol. The third-order valence-corrected chi connectivity index (χ3v) is 5.21. The maximum atomic E-state index is 14.0. The Morgan fingerprint density at radius 3 is 2.64 bits per heavy atom. The van der Waals surface area contributed by atoms with Gasteiger partial charge in [-0.2, -0.15) is 0 Å². The van der Waals surface area contributed by atoms with Crippen molar-refractivity contribution in [2.45, 2.75) is 25.2 Å². The first-order valence-corrected chi connectivity index (χ1v) is 9.20. The number of nitrogens with one attached hydrogen (secondary N) is 1. The number of aryl methyl sites for hydroxylation is 1. The average molecular weight is 342 g/mol. The number of amides is 1. The van der Waals surface area contributed by atoms with Crippen LogP contribution in [0.25, 0.3) is 10.4 Å². The lowest BCUT2D eigenvalue weighted by Gasteiger charge is -2.03. The second-order valence-corrected chi connectivity index (χ2v) is 7.74. The van der Waals surface area contributed by atoms with E-state index in [0.717, 1.165) is 6.26 Å². The fraction of sp³-hybridized carbons (Fsp3) is 0.286. The number of hydrogen-bond acceptors (Lipinski definition) is 5. The fourth-order valence-electron chi connectivity index (χ4n) is 1.87. The SMILES string of the molecule is CCC(=O)Nc1nc(C)c(-c2ccc(S(C)(=O)=O)c(F)c2)s1. The van der Waals surface area contributed by atoms with Crippen molar-refractivity contribution in [3.63, 3.8) is 0 Å². The number of carbonyl (C=O) groups excluding carboxylic acids is 1. The number of benzene rings is 1. The summed E-state index contributed by atoms with van der Waals surface area (Å²) in [7, 11) is -3.60. The average Bonchev–Trinajstić information content (AvgIpc) is 2.77. The minimum Gasteiger partial charge on any atom is -0.302 e. The van der Waals surface area contributed by atoms with E-state index in [-0.39, 0.29) is 10.8 Å². The van der Waals surface area contributed by atoms with E-state index in [1.54, 1.807) is 13.8 Å². The number of sulfone groups is 1. The molecule has 0 fully saturated rings. The van der Waals surface area contributed by atoms with Crippen LogP contribution >= 0.6 is 11.3 Å². The Morgan fingerprint density at radius 2 is 2.09 bits per heavy atom. The first-order chi connectivity index (χ1) is 10.2. The number of thiazole rings is 1. The van der Waals surface area contributed by atoms with Crippen LogP contribution in [0.15, 0.2) is 23.1 Å². The van der Waals surface area contributed by atoms with Gasteiger partial charge >= 0.3 is 0 Å². The minimum atomic E-state index is -3.60. The zero-order valence-corrected chi connectivity index (χ0v) is 13.9. The van der Waals surface area contributed by atoms with Gasteiger partial charge in [0.2, 0.25) is 5.91 Å². The van der Waals surface area contributed by atoms with Gasteiger partial charge in [-0.25, -0.2) is 17.8 Å². The van der Waals surface area contributed by atoms with Crippen molar-refractivity contribution in [1.29, 1.82) is 0 Å². The summed E-state index contributed by atoms with van der Waals surface area (Å²) in [5.41, 5.74) is 1.17. The molecule has 0 atom stereocenters. The highest BCUT2D eigenvalue weighted by Gasteiger charge is 2.17. The molecule has 0 aliphatic heterocycles. The largest absolute Gasteiger partial charge is 0.302 e. The van der Waals surface area contributed by atoms with Gasteiger partial charge in [0.15, 0.2) is 15.0 Å². The number of halogens is 1. The molecule has 0 saturated heterocycles. The first-order valence-electron chi connectivity index (χ1n) is 6.49. The molecule has 0 bridgehead atoms. The maximum Gasteiger partial charge on any atom is 0.225 e. The van der Waals surface area contributed by atoms with Gasteiger partial charge in [0, 0.05) is 12.7 Å². The summed E-state index contributed by atoms with van der Waals surface area (Å²) in [5.74, 6) is -0.953. The molecule has 1 amide bonds. The summed E-state index contributed by atoms with van der Waals surface area (Å²) < 4.78 is 36.8. The molecule has 8 heteroatoms. The summed E-state index contributed by atoms with van der Waals surface area (Å²) in [6, 6.07) is 3.94. The first kappa shape index (κ1) is 16.6. The Balaban J connectivity index is 2.41. The standard InChI is InChI=1S/C14H15FN2O3S2/c1-4-12(18)17-14-16-8(2)13(21-14)9-5-6-11(10(15)7-9)22(3,19)20/h5-7H,4H2,1-3H3,(H,16,17,18). The maximum absolute atomic E-state index is 14.0. The van der Waals surface area contributed by atoms with Gasteiger partial charge in [-0.3, -0.25) is 4.79 Å². The van der Waals surface area contributed by atoms with E-state index in [9.17, 15) is 17.6 Å². The van der Waals surface area contributed by atoms with Crippen LogP contribution in [0.2, 0.25) is 0 Å². The molecule has 0 saturated carbocycles. The number of aromatic nitrogens is 1. The Morgan fingerprint density at radius 1 is 1.41 bits per heavy atom. The van der Waals surface area contributed by atoms with Gasteiger partial charge in [0.25, 0.3) is 0 Å². The van der Waals surface area contributed by atoms with Crippen molar-refractivity contribution in [2.24, 2.45) is 0 Å². The molecule has 1 aromatic carbocycles. The molecule has 1 heterocycles. The van der Waals surface area contributed by atoms with E-state index in [2.05, 4.69) is 10.3 Å². The highest BCUT2D eigenvalue weighted by Crippen LogP contribution is 2.34. The van der Waals surface area contributed by atoms with Crippen LogP contribution < -0.4 is 5.32 Å². The van der Waals surface area contributed by atoms with Crippen molar-refractivity contribution < 1.29 is 17.6 Å². The number of rotatable bonds is 4. The predicted octanol–water partition coefficient (Wildman–Crippen LogP) is 3.01. The molecule has 22 heavy (non-hydrogen) atoms. The van der Waals surface area contributed by atoms with Crippen molar-refractivity contribution in [1.82, 2.24) is 4.98 Å². The van der Waals surface area contributed by atoms with E-state index in [4.69, 9.17) is 0 Å². The molecule has 2 rings (SSSR count). The van der Waals surface area contributed by atoms with Crippen molar-refractivity contribution in [2.75, 3.05) is 11.6 Å². The predicted molar refractivity (Wildman–Crippen MR) is 84.3 cm³/mol. The van der Waals surface area contributed by atoms with Crippen molar-refractivity contribution >= 4 is 32.2 Å². The summed E-state index contributed by atoms with van der Waals surface area (Å²) in [6.07, 6.45) is 1.30. The third-order valence-electron chi connectivity index (χ3n) is 2.96. The number of anilines is 1. The van der Waals surface area contributed by atoms with Crippen LogP contribution in [0, 0.1) is 12.7 Å². The molecule has 5 nitrogen and oxygen atoms in total. The molecule has 118 valence electrons. The van der Waals surface area contributed by atoms with Crippen LogP contribution in [-0.2, 0) is 14.6 Å². The van der Waals surface area contributed by atoms with Gasteiger partial charge in [-0.15, -0.1) is 0 Å². The molecule has 0 aliphatic rings. The summed E-state index contributed by atoms with van der Waals surface area (Å²) in [5, 5.41) is 3.09. The van der Waals surface area contributed by atoms with Gasteiger partial charge < -0.3 is 5.32 Å². The summed E-state index contributed by atoms with van der Waals surface area (Å²) in [6.45, 7) is 3.48. The lowest BCUT2D eigenvalue weighted by molar-refractivity contribution is -0.115. The molecule has 0 aliphatic carbocycles. The van der Waals surface area contributed by atoms with Crippen LogP contribution in [0.5, 0.6) is 0 Å². The fourth-order valence-corrected chi connectivity index (χ4v) is 3.58. The van der Waals surface area contributed by atoms with E-state index in [1.807, 2.05) is 0 Å². The smallest absolute Gasteiger partial charge is 0.225 e. The van der Waals surface area contributed by atoms with E-state index < -0.39 is 15.7 Å². The van der Waals surface area contributed by atoms with Gasteiger partial charge in [-0.05, 0) is 24.6 Å². The Hall–Kier alpha value is -1.80. The quantitative estimate of drug-likeness (QED) is 0.927. The van der Waals surface area contributed by atoms with E-state index in [1.165, 1.54) is 29.5 Å². The van der Waals surface area contributed by atoms with E-state index in [0.29, 0.717) is 27.7 Å². The van der Waals surface area contributed by atoms with Crippen molar-refractivity contribution in [3.05, 3.63) is 29.7 Å². The molecule has 0 unspecified atom stereocenters. The van der Waals surface area contributed by atoms with Crippen LogP contribution in [0.3, 0.4) is 0 Å². The third kappa shape index (κ3) is 3.50. The Kier molecular flexibility index (Phi) is 4.62. The minimum absolute atomic E-state index is 0.154. The zero-order chi connectivity index (χ0) is 16.5. The topological polar surface area (TPSA) is 76.1 Å². The lowest BCUT2D eigenvalue weighted by Crippen LogP contribution is -2.08. The van der Waals surface area contributed by atoms with Gasteiger partial charge in [-0.1, -0.05) is 24.3 Å². The molecule has 2 aromatic rings. The molecule has 0 spiro atoms. The summed E-state index contributed by atoms with van der Waals surface area (Å²) in [4.78, 5) is 15.9. The molecule has 1 aromatic heterocycles. The normalized spacial score (nSPS) is 11.5. The van der Waals surface area contributed by atoms with E-state index >= 15 is 0 Å². The van der Waals surface area contributed by atoms with Gasteiger partial charge in [0.1, 0.15) is 10.7 Å². The highest BCUT2D eigenvalue weighted by molar-refractivity contribution is 7.90. The van der Waals surface area contributed by atoms with Crippen LogP contribution in [0.1, 0.15) is 19.0 Å². The second-order valence-electron chi connectivity index (χ2n) is 4.75. The molecular weight excluding hydrogens is 327 g/mol. The molecule has 0 radical (unpaired) electrons. The molecular formula is C14H15FN2O3S2. The van der Waals surface area contributed by atoms with Crippen LogP contribution in [0.4, 0.5) is 9.52 Å². The number of hydrogen-bond donors (Lipinski definition) is 1. The number of carbonyl (C=O) groups is 1. The van der Waals surface area contributed by atoms with Crippen LogP contribution in [-0.4, -0.2) is 25.6 Å². The number of nitrogens with zero attached hydrogens (tertiary/aromatic N) is 1.